The second-order valence-electron chi connectivity index (χ2n) is 7.08. The van der Waals surface area contributed by atoms with Gasteiger partial charge in [-0.25, -0.2) is 4.79 Å². The molecule has 0 aromatic heterocycles. The van der Waals surface area contributed by atoms with Gasteiger partial charge in [-0.3, -0.25) is 19.7 Å². The number of carbonyl (C=O) groups excluding carboxylic acids is 4. The van der Waals surface area contributed by atoms with Gasteiger partial charge < -0.3 is 10.1 Å². The largest absolute Gasteiger partial charge is 0.454 e. The summed E-state index contributed by atoms with van der Waals surface area (Å²) in [5, 5.41) is 4.94. The standard InChI is InChI=1S/C18H28N2O5/c1-12(21)19-16(13-7-5-6-8-13)18(24)25-11-15(22)20-17(23)14-9-3-2-4-10-14/h13-14,16H,2-11H2,1H3,(H,19,21)(H,20,22,23). The first kappa shape index (κ1) is 19.4. The van der Waals surface area contributed by atoms with Crippen molar-refractivity contribution >= 4 is 23.7 Å². The van der Waals surface area contributed by atoms with E-state index in [0.717, 1.165) is 57.8 Å². The van der Waals surface area contributed by atoms with Crippen molar-refractivity contribution in [3.8, 4) is 0 Å². The van der Waals surface area contributed by atoms with Gasteiger partial charge in [-0.15, -0.1) is 0 Å². The second kappa shape index (κ2) is 9.53. The number of nitrogens with one attached hydrogen (secondary N) is 2. The minimum atomic E-state index is -0.721. The molecule has 0 spiro atoms. The lowest BCUT2D eigenvalue weighted by Gasteiger charge is -2.22. The number of ether oxygens (including phenoxy) is 1. The number of carbonyl (C=O) groups is 4. The zero-order valence-corrected chi connectivity index (χ0v) is 14.8. The summed E-state index contributed by atoms with van der Waals surface area (Å²) >= 11 is 0. The molecule has 7 heteroatoms. The molecule has 0 bridgehead atoms. The summed E-state index contributed by atoms with van der Waals surface area (Å²) in [4.78, 5) is 47.5. The first-order valence-electron chi connectivity index (χ1n) is 9.25. The lowest BCUT2D eigenvalue weighted by atomic mass is 9.89. The molecule has 3 amide bonds. The molecular weight excluding hydrogens is 324 g/mol. The first-order valence-corrected chi connectivity index (χ1v) is 9.25. The van der Waals surface area contributed by atoms with Gasteiger partial charge in [0.05, 0.1) is 0 Å². The van der Waals surface area contributed by atoms with Crippen LogP contribution in [0.5, 0.6) is 0 Å². The van der Waals surface area contributed by atoms with Crippen molar-refractivity contribution in [2.24, 2.45) is 11.8 Å². The van der Waals surface area contributed by atoms with Crippen molar-refractivity contribution in [3.63, 3.8) is 0 Å². The minimum absolute atomic E-state index is 0.0448. The van der Waals surface area contributed by atoms with Gasteiger partial charge in [-0.2, -0.15) is 0 Å². The van der Waals surface area contributed by atoms with E-state index in [0.29, 0.717) is 0 Å². The topological polar surface area (TPSA) is 102 Å². The van der Waals surface area contributed by atoms with Crippen LogP contribution < -0.4 is 10.6 Å². The highest BCUT2D eigenvalue weighted by Gasteiger charge is 2.33. The molecule has 1 unspecified atom stereocenters. The number of rotatable bonds is 6. The van der Waals surface area contributed by atoms with Crippen molar-refractivity contribution < 1.29 is 23.9 Å². The predicted molar refractivity (Wildman–Crippen MR) is 90.2 cm³/mol. The zero-order valence-electron chi connectivity index (χ0n) is 14.8. The van der Waals surface area contributed by atoms with E-state index in [1.165, 1.54) is 6.92 Å². The molecular formula is C18H28N2O5. The van der Waals surface area contributed by atoms with E-state index in [1.807, 2.05) is 0 Å². The van der Waals surface area contributed by atoms with Gasteiger partial charge in [0, 0.05) is 12.8 Å². The zero-order chi connectivity index (χ0) is 18.2. The molecule has 25 heavy (non-hydrogen) atoms. The Bertz CT molecular complexity index is 508. The van der Waals surface area contributed by atoms with Crippen LogP contribution in [0.4, 0.5) is 0 Å². The van der Waals surface area contributed by atoms with Crippen LogP contribution in [0, 0.1) is 11.8 Å². The lowest BCUT2D eigenvalue weighted by molar-refractivity contribution is -0.153. The first-order chi connectivity index (χ1) is 12.0. The molecule has 0 aromatic carbocycles. The molecule has 1 atom stereocenters. The highest BCUT2D eigenvalue weighted by atomic mass is 16.5. The molecule has 0 radical (unpaired) electrons. The molecule has 2 aliphatic carbocycles. The normalized spacial score (nSPS) is 19.9. The van der Waals surface area contributed by atoms with E-state index in [9.17, 15) is 19.2 Å². The smallest absolute Gasteiger partial charge is 0.329 e. The van der Waals surface area contributed by atoms with E-state index in [2.05, 4.69) is 10.6 Å². The third kappa shape index (κ3) is 6.14. The SMILES string of the molecule is CC(=O)NC(C(=O)OCC(=O)NC(=O)C1CCCCC1)C1CCCC1. The molecule has 2 rings (SSSR count). The van der Waals surface area contributed by atoms with Crippen LogP contribution >= 0.6 is 0 Å². The molecule has 0 heterocycles. The van der Waals surface area contributed by atoms with Crippen molar-refractivity contribution in [2.45, 2.75) is 70.8 Å². The Kier molecular flexibility index (Phi) is 7.40. The molecule has 140 valence electrons. The van der Waals surface area contributed by atoms with E-state index >= 15 is 0 Å². The van der Waals surface area contributed by atoms with Crippen LogP contribution in [-0.4, -0.2) is 36.3 Å². The lowest BCUT2D eigenvalue weighted by Crippen LogP contribution is -2.46. The minimum Gasteiger partial charge on any atom is -0.454 e. The molecule has 2 N–H and O–H groups in total. The van der Waals surface area contributed by atoms with Crippen molar-refractivity contribution in [3.05, 3.63) is 0 Å². The molecule has 0 saturated heterocycles. The summed E-state index contributed by atoms with van der Waals surface area (Å²) in [7, 11) is 0. The average Bonchev–Trinajstić information content (AvgIpc) is 3.12. The molecule has 7 nitrogen and oxygen atoms in total. The Morgan fingerprint density at radius 1 is 0.960 bits per heavy atom. The summed E-state index contributed by atoms with van der Waals surface area (Å²) in [6.07, 6.45) is 8.47. The van der Waals surface area contributed by atoms with Crippen molar-refractivity contribution in [1.82, 2.24) is 10.6 Å². The Morgan fingerprint density at radius 2 is 1.56 bits per heavy atom. The van der Waals surface area contributed by atoms with E-state index in [-0.39, 0.29) is 23.7 Å². The molecule has 0 aliphatic heterocycles. The predicted octanol–water partition coefficient (Wildman–Crippen LogP) is 1.45. The van der Waals surface area contributed by atoms with Gasteiger partial charge >= 0.3 is 5.97 Å². The summed E-state index contributed by atoms with van der Waals surface area (Å²) in [6.45, 7) is 0.852. The molecule has 2 fully saturated rings. The maximum absolute atomic E-state index is 12.3. The third-order valence-electron chi connectivity index (χ3n) is 5.07. The van der Waals surface area contributed by atoms with Crippen molar-refractivity contribution in [1.29, 1.82) is 0 Å². The number of hydrogen-bond acceptors (Lipinski definition) is 5. The van der Waals surface area contributed by atoms with Crippen LogP contribution in [0.2, 0.25) is 0 Å². The average molecular weight is 352 g/mol. The number of esters is 1. The number of hydrogen-bond donors (Lipinski definition) is 2. The Labute approximate surface area is 148 Å². The highest BCUT2D eigenvalue weighted by Crippen LogP contribution is 2.28. The quantitative estimate of drug-likeness (QED) is 0.705. The summed E-state index contributed by atoms with van der Waals surface area (Å²) in [5.41, 5.74) is 0. The van der Waals surface area contributed by atoms with Crippen LogP contribution in [0.1, 0.15) is 64.7 Å². The van der Waals surface area contributed by atoms with Crippen LogP contribution in [0.3, 0.4) is 0 Å². The monoisotopic (exact) mass is 352 g/mol. The van der Waals surface area contributed by atoms with E-state index in [4.69, 9.17) is 4.74 Å². The van der Waals surface area contributed by atoms with Gasteiger partial charge in [0.1, 0.15) is 6.04 Å². The fourth-order valence-electron chi connectivity index (χ4n) is 3.75. The van der Waals surface area contributed by atoms with Gasteiger partial charge in [-0.1, -0.05) is 32.1 Å². The van der Waals surface area contributed by atoms with Crippen LogP contribution in [0.25, 0.3) is 0 Å². The summed E-state index contributed by atoms with van der Waals surface area (Å²) in [6, 6.07) is -0.721. The molecule has 0 aromatic rings. The highest BCUT2D eigenvalue weighted by molar-refractivity contribution is 5.97. The van der Waals surface area contributed by atoms with Crippen molar-refractivity contribution in [2.75, 3.05) is 6.61 Å². The van der Waals surface area contributed by atoms with Crippen LogP contribution in [0.15, 0.2) is 0 Å². The van der Waals surface area contributed by atoms with Crippen LogP contribution in [-0.2, 0) is 23.9 Å². The maximum atomic E-state index is 12.3. The van der Waals surface area contributed by atoms with Gasteiger partial charge in [0.25, 0.3) is 5.91 Å². The van der Waals surface area contributed by atoms with Gasteiger partial charge in [0.2, 0.25) is 11.8 Å². The molecule has 2 saturated carbocycles. The maximum Gasteiger partial charge on any atom is 0.329 e. The summed E-state index contributed by atoms with van der Waals surface area (Å²) in [5.74, 6) is -1.89. The summed E-state index contributed by atoms with van der Waals surface area (Å²) < 4.78 is 5.05. The van der Waals surface area contributed by atoms with E-state index in [1.54, 1.807) is 0 Å². The Hall–Kier alpha value is -1.92. The van der Waals surface area contributed by atoms with Gasteiger partial charge in [-0.05, 0) is 31.6 Å². The fraction of sp³-hybridized carbons (Fsp3) is 0.778. The fourth-order valence-corrected chi connectivity index (χ4v) is 3.75. The molecule has 2 aliphatic rings. The van der Waals surface area contributed by atoms with Gasteiger partial charge in [0.15, 0.2) is 6.61 Å². The third-order valence-corrected chi connectivity index (χ3v) is 5.07. The number of amides is 3. The van der Waals surface area contributed by atoms with E-state index < -0.39 is 24.5 Å². The second-order valence-corrected chi connectivity index (χ2v) is 7.08. The Morgan fingerprint density at radius 3 is 2.16 bits per heavy atom. The Balaban J connectivity index is 1.78. The number of imide groups is 1.